The lowest BCUT2D eigenvalue weighted by molar-refractivity contribution is -0.135. The molecule has 0 fully saturated rings. The van der Waals surface area contributed by atoms with Crippen LogP contribution in [0, 0.1) is 5.82 Å². The number of esters is 2. The number of fused-ring (bicyclic) bond motifs is 3. The predicted molar refractivity (Wildman–Crippen MR) is 118 cm³/mol. The highest BCUT2D eigenvalue weighted by molar-refractivity contribution is 5.91. The van der Waals surface area contributed by atoms with Crippen molar-refractivity contribution in [3.63, 3.8) is 0 Å². The molecule has 0 spiro atoms. The van der Waals surface area contributed by atoms with E-state index in [9.17, 15) is 18.8 Å². The topological polar surface area (TPSA) is 82.8 Å². The normalized spacial score (nSPS) is 15.1. The molecule has 0 saturated carbocycles. The molecule has 1 aliphatic rings. The van der Waals surface area contributed by atoms with E-state index in [1.54, 1.807) is 36.4 Å². The predicted octanol–water partition coefficient (Wildman–Crippen LogP) is 4.83. The molecule has 1 atom stereocenters. The third kappa shape index (κ3) is 3.57. The Morgan fingerprint density at radius 3 is 2.42 bits per heavy atom. The zero-order chi connectivity index (χ0) is 23.1. The van der Waals surface area contributed by atoms with Gasteiger partial charge in [0, 0.05) is 11.5 Å². The number of ether oxygens (including phenoxy) is 2. The lowest BCUT2D eigenvalue weighted by Crippen LogP contribution is -2.22. The zero-order valence-electron chi connectivity index (χ0n) is 17.5. The number of benzene rings is 3. The number of rotatable bonds is 3. The summed E-state index contributed by atoms with van der Waals surface area (Å²) in [5.74, 6) is -1.39. The van der Waals surface area contributed by atoms with Crippen molar-refractivity contribution in [3.8, 4) is 16.9 Å². The van der Waals surface area contributed by atoms with Crippen molar-refractivity contribution in [1.29, 1.82) is 0 Å². The van der Waals surface area contributed by atoms with Gasteiger partial charge in [-0.15, -0.1) is 0 Å². The Balaban J connectivity index is 1.66. The van der Waals surface area contributed by atoms with E-state index in [1.165, 1.54) is 37.6 Å². The van der Waals surface area contributed by atoms with Gasteiger partial charge < -0.3 is 13.9 Å². The van der Waals surface area contributed by atoms with Crippen molar-refractivity contribution in [2.24, 2.45) is 0 Å². The Morgan fingerprint density at radius 2 is 1.73 bits per heavy atom. The van der Waals surface area contributed by atoms with E-state index in [2.05, 4.69) is 0 Å². The van der Waals surface area contributed by atoms with E-state index in [1.807, 2.05) is 0 Å². The molecule has 0 bridgehead atoms. The van der Waals surface area contributed by atoms with Crippen LogP contribution in [0.4, 0.5) is 4.39 Å². The summed E-state index contributed by atoms with van der Waals surface area (Å²) in [4.78, 5) is 37.3. The third-order valence-corrected chi connectivity index (χ3v) is 5.77. The van der Waals surface area contributed by atoms with Crippen molar-refractivity contribution in [2.45, 2.75) is 12.3 Å². The molecule has 2 heterocycles. The van der Waals surface area contributed by atoms with Crippen LogP contribution >= 0.6 is 0 Å². The maximum absolute atomic E-state index is 13.3. The first-order valence-electron chi connectivity index (χ1n) is 10.2. The number of carbonyl (C=O) groups is 2. The molecule has 1 aromatic heterocycles. The summed E-state index contributed by atoms with van der Waals surface area (Å²) in [6, 6.07) is 15.4. The van der Waals surface area contributed by atoms with E-state index in [-0.39, 0.29) is 11.8 Å². The first kappa shape index (κ1) is 20.6. The fourth-order valence-corrected chi connectivity index (χ4v) is 4.14. The molecule has 164 valence electrons. The average molecular weight is 444 g/mol. The molecular weight excluding hydrogens is 427 g/mol. The highest BCUT2D eigenvalue weighted by atomic mass is 19.1. The highest BCUT2D eigenvalue weighted by Crippen LogP contribution is 2.42. The number of methoxy groups -OCH3 is 1. The molecule has 1 aliphatic heterocycles. The van der Waals surface area contributed by atoms with E-state index >= 15 is 0 Å². The maximum atomic E-state index is 13.3. The summed E-state index contributed by atoms with van der Waals surface area (Å²) < 4.78 is 29.4. The minimum absolute atomic E-state index is 0.0487. The van der Waals surface area contributed by atoms with E-state index in [0.29, 0.717) is 39.0 Å². The van der Waals surface area contributed by atoms with Gasteiger partial charge in [-0.1, -0.05) is 24.3 Å². The number of carbonyl (C=O) groups excluding carboxylic acids is 2. The van der Waals surface area contributed by atoms with Crippen LogP contribution in [0.15, 0.2) is 76.1 Å². The quantitative estimate of drug-likeness (QED) is 0.333. The Kier molecular flexibility index (Phi) is 5.01. The number of hydrogen-bond acceptors (Lipinski definition) is 6. The average Bonchev–Trinajstić information content (AvgIpc) is 2.83. The Bertz CT molecular complexity index is 1450. The molecule has 0 amide bonds. The van der Waals surface area contributed by atoms with Crippen LogP contribution in [0.2, 0.25) is 0 Å². The van der Waals surface area contributed by atoms with Gasteiger partial charge in [-0.05, 0) is 47.5 Å². The zero-order valence-corrected chi connectivity index (χ0v) is 17.5. The monoisotopic (exact) mass is 444 g/mol. The van der Waals surface area contributed by atoms with E-state index < -0.39 is 23.7 Å². The van der Waals surface area contributed by atoms with Crippen molar-refractivity contribution in [2.75, 3.05) is 7.11 Å². The smallest absolute Gasteiger partial charge is 0.337 e. The summed E-state index contributed by atoms with van der Waals surface area (Å²) in [5, 5.41) is 0.324. The molecule has 3 aromatic carbocycles. The summed E-state index contributed by atoms with van der Waals surface area (Å²) >= 11 is 0. The van der Waals surface area contributed by atoms with Gasteiger partial charge >= 0.3 is 11.9 Å². The first-order chi connectivity index (χ1) is 16.0. The van der Waals surface area contributed by atoms with Gasteiger partial charge in [0.05, 0.1) is 30.0 Å². The van der Waals surface area contributed by atoms with Gasteiger partial charge in [-0.3, -0.25) is 9.59 Å². The molecule has 0 N–H and O–H groups in total. The van der Waals surface area contributed by atoms with Crippen LogP contribution in [-0.2, 0) is 9.53 Å². The summed E-state index contributed by atoms with van der Waals surface area (Å²) in [6.07, 6.45) is 1.39. The van der Waals surface area contributed by atoms with Crippen LogP contribution in [0.1, 0.15) is 33.8 Å². The molecule has 33 heavy (non-hydrogen) atoms. The largest absolute Gasteiger partial charge is 0.465 e. The Labute approximate surface area is 187 Å². The van der Waals surface area contributed by atoms with E-state index in [4.69, 9.17) is 13.9 Å². The van der Waals surface area contributed by atoms with E-state index in [0.717, 1.165) is 5.56 Å². The Hall–Kier alpha value is -4.26. The second-order valence-corrected chi connectivity index (χ2v) is 7.68. The van der Waals surface area contributed by atoms with Gasteiger partial charge in [0.2, 0.25) is 5.43 Å². The van der Waals surface area contributed by atoms with Gasteiger partial charge in [0.1, 0.15) is 23.4 Å². The van der Waals surface area contributed by atoms with Gasteiger partial charge in [0.15, 0.2) is 0 Å². The van der Waals surface area contributed by atoms with Crippen LogP contribution in [0.3, 0.4) is 0 Å². The van der Waals surface area contributed by atoms with Crippen molar-refractivity contribution in [3.05, 3.63) is 99.7 Å². The summed E-state index contributed by atoms with van der Waals surface area (Å²) in [5.41, 5.74) is 2.60. The van der Waals surface area contributed by atoms with Gasteiger partial charge in [-0.2, -0.15) is 0 Å². The molecule has 0 unspecified atom stereocenters. The van der Waals surface area contributed by atoms with Crippen molar-refractivity contribution in [1.82, 2.24) is 0 Å². The maximum Gasteiger partial charge on any atom is 0.337 e. The van der Waals surface area contributed by atoms with Crippen LogP contribution in [-0.4, -0.2) is 19.0 Å². The van der Waals surface area contributed by atoms with Crippen LogP contribution in [0.5, 0.6) is 5.75 Å². The molecule has 4 aromatic rings. The van der Waals surface area contributed by atoms with Crippen LogP contribution in [0.25, 0.3) is 22.1 Å². The van der Waals surface area contributed by atoms with Crippen molar-refractivity contribution >= 4 is 22.9 Å². The first-order valence-corrected chi connectivity index (χ1v) is 10.2. The second kappa shape index (κ2) is 8.02. The van der Waals surface area contributed by atoms with Gasteiger partial charge in [0.25, 0.3) is 0 Å². The number of halogens is 1. The molecule has 6 nitrogen and oxygen atoms in total. The lowest BCUT2D eigenvalue weighted by Gasteiger charge is -2.25. The summed E-state index contributed by atoms with van der Waals surface area (Å²) in [6.45, 7) is 0. The highest BCUT2D eigenvalue weighted by Gasteiger charge is 2.32. The minimum Gasteiger partial charge on any atom is -0.465 e. The lowest BCUT2D eigenvalue weighted by atomic mass is 9.85. The molecule has 0 radical (unpaired) electrons. The fraction of sp³-hybridized carbons (Fsp3) is 0.115. The van der Waals surface area contributed by atoms with Crippen molar-refractivity contribution < 1.29 is 27.9 Å². The molecule has 7 heteroatoms. The second-order valence-electron chi connectivity index (χ2n) is 7.68. The SMILES string of the molecule is COC(=O)c1ccc([C@H]2CC(=O)Oc3ccc4c(=O)c(-c5ccc(F)cc5)coc4c32)cc1. The summed E-state index contributed by atoms with van der Waals surface area (Å²) in [7, 11) is 1.30. The molecular formula is C26H17FO6. The molecule has 0 saturated heterocycles. The standard InChI is InChI=1S/C26H17FO6/c1-31-26(30)16-4-2-14(3-5-16)19-12-22(28)33-21-11-10-18-24(29)20(13-32-25(18)23(19)21)15-6-8-17(27)9-7-15/h2-11,13,19H,12H2,1H3/t19-/m1/s1. The van der Waals surface area contributed by atoms with Crippen LogP contribution < -0.4 is 10.2 Å². The minimum atomic E-state index is -0.463. The van der Waals surface area contributed by atoms with Gasteiger partial charge in [-0.25, -0.2) is 9.18 Å². The Morgan fingerprint density at radius 1 is 1.00 bits per heavy atom. The number of hydrogen-bond donors (Lipinski definition) is 0. The third-order valence-electron chi connectivity index (χ3n) is 5.77. The fourth-order valence-electron chi connectivity index (χ4n) is 4.14. The molecule has 5 rings (SSSR count). The molecule has 0 aliphatic carbocycles.